The average molecular weight is 262 g/mol. The minimum atomic E-state index is 0.0685. The Morgan fingerprint density at radius 3 is 2.11 bits per heavy atom. The lowest BCUT2D eigenvalue weighted by Crippen LogP contribution is -2.13. The predicted octanol–water partition coefficient (Wildman–Crippen LogP) is 2.24. The van der Waals surface area contributed by atoms with E-state index in [2.05, 4.69) is 13.8 Å². The van der Waals surface area contributed by atoms with Crippen LogP contribution in [0.5, 0.6) is 0 Å². The standard InChI is InChI=1S/C14H30O4/c1-3-4-5-6-14(2)13-18-12-11-17-10-9-16-8-7-15/h14-15H,3-13H2,1-2H3. The number of rotatable bonds is 14. The van der Waals surface area contributed by atoms with Gasteiger partial charge in [0.05, 0.1) is 39.6 Å². The molecule has 0 aliphatic carbocycles. The number of hydrogen-bond acceptors (Lipinski definition) is 4. The largest absolute Gasteiger partial charge is 0.394 e. The van der Waals surface area contributed by atoms with Crippen LogP contribution in [0.15, 0.2) is 0 Å². The van der Waals surface area contributed by atoms with Crippen LogP contribution in [-0.2, 0) is 14.2 Å². The number of hydrogen-bond donors (Lipinski definition) is 1. The first-order valence-corrected chi connectivity index (χ1v) is 7.15. The topological polar surface area (TPSA) is 47.9 Å². The smallest absolute Gasteiger partial charge is 0.0701 e. The van der Waals surface area contributed by atoms with Gasteiger partial charge >= 0.3 is 0 Å². The summed E-state index contributed by atoms with van der Waals surface area (Å²) < 4.78 is 15.9. The summed E-state index contributed by atoms with van der Waals surface area (Å²) in [7, 11) is 0. The molecule has 4 nitrogen and oxygen atoms in total. The fraction of sp³-hybridized carbons (Fsp3) is 1.00. The molecule has 0 fully saturated rings. The van der Waals surface area contributed by atoms with Crippen molar-refractivity contribution in [3.8, 4) is 0 Å². The SMILES string of the molecule is CCCCCC(C)COCCOCCOCCO. The molecule has 110 valence electrons. The first-order chi connectivity index (χ1) is 8.81. The molecule has 0 spiro atoms. The van der Waals surface area contributed by atoms with Gasteiger partial charge < -0.3 is 19.3 Å². The second-order valence-corrected chi connectivity index (χ2v) is 4.62. The third-order valence-electron chi connectivity index (χ3n) is 2.68. The van der Waals surface area contributed by atoms with Crippen LogP contribution in [0.4, 0.5) is 0 Å². The Bertz CT molecular complexity index is 153. The van der Waals surface area contributed by atoms with E-state index in [1.54, 1.807) is 0 Å². The molecule has 18 heavy (non-hydrogen) atoms. The van der Waals surface area contributed by atoms with Crippen LogP contribution in [-0.4, -0.2) is 51.4 Å². The normalized spacial score (nSPS) is 12.8. The first kappa shape index (κ1) is 17.8. The minimum Gasteiger partial charge on any atom is -0.394 e. The quantitative estimate of drug-likeness (QED) is 0.488. The van der Waals surface area contributed by atoms with Gasteiger partial charge in [-0.3, -0.25) is 0 Å². The number of aliphatic hydroxyl groups is 1. The van der Waals surface area contributed by atoms with Crippen LogP contribution >= 0.6 is 0 Å². The van der Waals surface area contributed by atoms with Crippen molar-refractivity contribution in [3.63, 3.8) is 0 Å². The predicted molar refractivity (Wildman–Crippen MR) is 72.8 cm³/mol. The lowest BCUT2D eigenvalue weighted by Gasteiger charge is -2.11. The molecule has 0 saturated carbocycles. The van der Waals surface area contributed by atoms with E-state index in [0.717, 1.165) is 6.61 Å². The molecule has 0 radical (unpaired) electrons. The zero-order valence-electron chi connectivity index (χ0n) is 12.0. The van der Waals surface area contributed by atoms with Gasteiger partial charge in [-0.25, -0.2) is 0 Å². The Balaban J connectivity index is 3.05. The van der Waals surface area contributed by atoms with Gasteiger partial charge in [0.25, 0.3) is 0 Å². The Morgan fingerprint density at radius 2 is 1.50 bits per heavy atom. The highest BCUT2D eigenvalue weighted by Crippen LogP contribution is 2.09. The third kappa shape index (κ3) is 13.9. The van der Waals surface area contributed by atoms with Crippen molar-refractivity contribution in [3.05, 3.63) is 0 Å². The van der Waals surface area contributed by atoms with E-state index in [1.807, 2.05) is 0 Å². The maximum atomic E-state index is 8.48. The van der Waals surface area contributed by atoms with Crippen LogP contribution in [0.2, 0.25) is 0 Å². The molecular weight excluding hydrogens is 232 g/mol. The van der Waals surface area contributed by atoms with Crippen LogP contribution in [0.25, 0.3) is 0 Å². The van der Waals surface area contributed by atoms with Gasteiger partial charge in [-0.2, -0.15) is 0 Å². The van der Waals surface area contributed by atoms with Crippen LogP contribution < -0.4 is 0 Å². The Kier molecular flexibility index (Phi) is 14.8. The van der Waals surface area contributed by atoms with Crippen molar-refractivity contribution in [2.45, 2.75) is 39.5 Å². The molecule has 0 heterocycles. The highest BCUT2D eigenvalue weighted by atomic mass is 16.5. The summed E-state index contributed by atoms with van der Waals surface area (Å²) in [5, 5.41) is 8.48. The molecule has 1 atom stereocenters. The molecule has 0 aromatic heterocycles. The summed E-state index contributed by atoms with van der Waals surface area (Å²) in [6.45, 7) is 8.11. The van der Waals surface area contributed by atoms with Gasteiger partial charge in [0.2, 0.25) is 0 Å². The number of unbranched alkanes of at least 4 members (excludes halogenated alkanes) is 2. The molecule has 1 N–H and O–H groups in total. The molecule has 0 saturated heterocycles. The molecule has 0 aliphatic rings. The average Bonchev–Trinajstić information content (AvgIpc) is 2.37. The maximum absolute atomic E-state index is 8.48. The lowest BCUT2D eigenvalue weighted by molar-refractivity contribution is 0.00227. The molecule has 0 aromatic rings. The second-order valence-electron chi connectivity index (χ2n) is 4.62. The van der Waals surface area contributed by atoms with Crippen molar-refractivity contribution in [2.24, 2.45) is 5.92 Å². The molecular formula is C14H30O4. The van der Waals surface area contributed by atoms with Crippen molar-refractivity contribution < 1.29 is 19.3 Å². The highest BCUT2D eigenvalue weighted by Gasteiger charge is 2.01. The molecule has 0 aromatic carbocycles. The summed E-state index contributed by atoms with van der Waals surface area (Å²) in [6.07, 6.45) is 5.16. The van der Waals surface area contributed by atoms with Gasteiger partial charge in [0, 0.05) is 6.61 Å². The summed E-state index contributed by atoms with van der Waals surface area (Å²) >= 11 is 0. The van der Waals surface area contributed by atoms with E-state index in [0.29, 0.717) is 39.0 Å². The van der Waals surface area contributed by atoms with Gasteiger partial charge in [-0.05, 0) is 12.3 Å². The zero-order chi connectivity index (χ0) is 13.5. The van der Waals surface area contributed by atoms with Gasteiger partial charge in [0.1, 0.15) is 0 Å². The van der Waals surface area contributed by atoms with Crippen molar-refractivity contribution in [2.75, 3.05) is 46.2 Å². The van der Waals surface area contributed by atoms with Crippen molar-refractivity contribution in [1.29, 1.82) is 0 Å². The molecule has 1 unspecified atom stereocenters. The zero-order valence-corrected chi connectivity index (χ0v) is 12.0. The van der Waals surface area contributed by atoms with Crippen molar-refractivity contribution >= 4 is 0 Å². The van der Waals surface area contributed by atoms with Crippen LogP contribution in [0.1, 0.15) is 39.5 Å². The third-order valence-corrected chi connectivity index (χ3v) is 2.68. The van der Waals surface area contributed by atoms with E-state index >= 15 is 0 Å². The van der Waals surface area contributed by atoms with E-state index in [1.165, 1.54) is 25.7 Å². The summed E-state index contributed by atoms with van der Waals surface area (Å²) in [4.78, 5) is 0. The van der Waals surface area contributed by atoms with E-state index in [-0.39, 0.29) is 6.61 Å². The monoisotopic (exact) mass is 262 g/mol. The second kappa shape index (κ2) is 14.9. The molecule has 4 heteroatoms. The highest BCUT2D eigenvalue weighted by molar-refractivity contribution is 4.51. The van der Waals surface area contributed by atoms with Crippen LogP contribution in [0.3, 0.4) is 0 Å². The Morgan fingerprint density at radius 1 is 0.889 bits per heavy atom. The molecule has 0 bridgehead atoms. The Labute approximate surface area is 112 Å². The van der Waals surface area contributed by atoms with Gasteiger partial charge in [0.15, 0.2) is 0 Å². The number of aliphatic hydroxyl groups excluding tert-OH is 1. The van der Waals surface area contributed by atoms with Gasteiger partial charge in [-0.1, -0.05) is 33.1 Å². The maximum Gasteiger partial charge on any atom is 0.0701 e. The fourth-order valence-electron chi connectivity index (χ4n) is 1.62. The van der Waals surface area contributed by atoms with E-state index in [9.17, 15) is 0 Å². The van der Waals surface area contributed by atoms with Gasteiger partial charge in [-0.15, -0.1) is 0 Å². The van der Waals surface area contributed by atoms with Crippen molar-refractivity contribution in [1.82, 2.24) is 0 Å². The molecule has 0 rings (SSSR count). The lowest BCUT2D eigenvalue weighted by atomic mass is 10.0. The molecule has 0 aliphatic heterocycles. The Hall–Kier alpha value is -0.160. The summed E-state index contributed by atoms with van der Waals surface area (Å²) in [5.74, 6) is 0.643. The number of ether oxygens (including phenoxy) is 3. The summed E-state index contributed by atoms with van der Waals surface area (Å²) in [5.41, 5.74) is 0. The minimum absolute atomic E-state index is 0.0685. The molecule has 0 amide bonds. The first-order valence-electron chi connectivity index (χ1n) is 7.15. The summed E-state index contributed by atoms with van der Waals surface area (Å²) in [6, 6.07) is 0. The van der Waals surface area contributed by atoms with E-state index in [4.69, 9.17) is 19.3 Å². The van der Waals surface area contributed by atoms with Crippen LogP contribution in [0, 0.1) is 5.92 Å². The fourth-order valence-corrected chi connectivity index (χ4v) is 1.62. The van der Waals surface area contributed by atoms with E-state index < -0.39 is 0 Å².